The van der Waals surface area contributed by atoms with Crippen molar-refractivity contribution in [2.75, 3.05) is 0 Å². The molecule has 0 radical (unpaired) electrons. The fraction of sp³-hybridized carbons (Fsp3) is 0.167. The van der Waals surface area contributed by atoms with E-state index >= 15 is 0 Å². The van der Waals surface area contributed by atoms with Gasteiger partial charge in [0.05, 0.1) is 6.26 Å². The van der Waals surface area contributed by atoms with E-state index in [4.69, 9.17) is 0 Å². The van der Waals surface area contributed by atoms with Gasteiger partial charge in [0.25, 0.3) is 5.95 Å². The smallest absolute Gasteiger partial charge is 0.443 e. The Bertz CT molecular complexity index is 267. The summed E-state index contributed by atoms with van der Waals surface area (Å²) in [7, 11) is 0. The van der Waals surface area contributed by atoms with Gasteiger partial charge in [0.1, 0.15) is 0 Å². The van der Waals surface area contributed by atoms with Crippen LogP contribution in [0, 0.1) is 0 Å². The SMILES string of the molecule is O=C([O-])C(F)(F)Oc1ccco1. The van der Waals surface area contributed by atoms with Gasteiger partial charge in [-0.3, -0.25) is 0 Å². The van der Waals surface area contributed by atoms with Gasteiger partial charge in [-0.25, -0.2) is 0 Å². The molecule has 0 amide bonds. The Labute approximate surface area is 65.4 Å². The maximum absolute atomic E-state index is 12.2. The molecule has 0 saturated heterocycles. The summed E-state index contributed by atoms with van der Waals surface area (Å²) < 4.78 is 32.3. The van der Waals surface area contributed by atoms with Crippen LogP contribution in [0.3, 0.4) is 0 Å². The van der Waals surface area contributed by atoms with Crippen LogP contribution in [0.1, 0.15) is 0 Å². The molecular formula is C6H3F2O4-. The number of carbonyl (C=O) groups is 1. The predicted octanol–water partition coefficient (Wildman–Crippen LogP) is 0.00110. The Morgan fingerprint density at radius 3 is 2.75 bits per heavy atom. The molecule has 0 atom stereocenters. The van der Waals surface area contributed by atoms with Crippen molar-refractivity contribution in [2.24, 2.45) is 0 Å². The van der Waals surface area contributed by atoms with Crippen molar-refractivity contribution in [2.45, 2.75) is 6.11 Å². The van der Waals surface area contributed by atoms with E-state index in [1.165, 1.54) is 6.07 Å². The Hall–Kier alpha value is -1.59. The number of aliphatic carboxylic acids is 1. The highest BCUT2D eigenvalue weighted by Crippen LogP contribution is 2.20. The summed E-state index contributed by atoms with van der Waals surface area (Å²) in [6, 6.07) is 2.33. The number of furan rings is 1. The van der Waals surface area contributed by atoms with Crippen LogP contribution in [0.5, 0.6) is 5.95 Å². The molecule has 0 spiro atoms. The molecule has 4 nitrogen and oxygen atoms in total. The molecule has 0 aliphatic rings. The average Bonchev–Trinajstić information content (AvgIpc) is 2.38. The first-order chi connectivity index (χ1) is 5.52. The number of carbonyl (C=O) groups excluding carboxylic acids is 1. The summed E-state index contributed by atoms with van der Waals surface area (Å²) in [4.78, 5) is 9.72. The zero-order valence-electron chi connectivity index (χ0n) is 5.62. The van der Waals surface area contributed by atoms with E-state index in [9.17, 15) is 18.7 Å². The predicted molar refractivity (Wildman–Crippen MR) is 29.3 cm³/mol. The molecule has 6 heteroatoms. The number of hydrogen-bond donors (Lipinski definition) is 0. The summed E-state index contributed by atoms with van der Waals surface area (Å²) in [5, 5.41) is 9.72. The maximum Gasteiger partial charge on any atom is 0.443 e. The van der Waals surface area contributed by atoms with Crippen molar-refractivity contribution in [1.82, 2.24) is 0 Å². The van der Waals surface area contributed by atoms with Crippen LogP contribution < -0.4 is 9.84 Å². The van der Waals surface area contributed by atoms with Crippen molar-refractivity contribution in [3.05, 3.63) is 18.4 Å². The summed E-state index contributed by atoms with van der Waals surface area (Å²) in [5.74, 6) is -3.19. The maximum atomic E-state index is 12.2. The van der Waals surface area contributed by atoms with Crippen molar-refractivity contribution in [3.63, 3.8) is 0 Å². The second-order valence-corrected chi connectivity index (χ2v) is 1.84. The number of carboxylic acid groups (broad SMARTS) is 1. The van der Waals surface area contributed by atoms with Crippen molar-refractivity contribution < 1.29 is 27.8 Å². The van der Waals surface area contributed by atoms with Gasteiger partial charge in [0.15, 0.2) is 5.97 Å². The second-order valence-electron chi connectivity index (χ2n) is 1.84. The molecule has 0 fully saturated rings. The molecule has 0 unspecified atom stereocenters. The highest BCUT2D eigenvalue weighted by molar-refractivity contribution is 5.71. The zero-order valence-corrected chi connectivity index (χ0v) is 5.62. The Balaban J connectivity index is 2.69. The molecule has 12 heavy (non-hydrogen) atoms. The quantitative estimate of drug-likeness (QED) is 0.651. The molecule has 0 N–H and O–H groups in total. The largest absolute Gasteiger partial charge is 0.541 e. The Morgan fingerprint density at radius 2 is 2.33 bits per heavy atom. The van der Waals surface area contributed by atoms with Crippen LogP contribution in [-0.4, -0.2) is 12.1 Å². The monoisotopic (exact) mass is 177 g/mol. The fourth-order valence-electron chi connectivity index (χ4n) is 0.490. The Morgan fingerprint density at radius 1 is 1.67 bits per heavy atom. The minimum absolute atomic E-state index is 0.579. The molecule has 1 rings (SSSR count). The number of hydrogen-bond acceptors (Lipinski definition) is 4. The van der Waals surface area contributed by atoms with E-state index in [-0.39, 0.29) is 0 Å². The van der Waals surface area contributed by atoms with Gasteiger partial charge in [0, 0.05) is 6.07 Å². The van der Waals surface area contributed by atoms with Gasteiger partial charge >= 0.3 is 6.11 Å². The van der Waals surface area contributed by atoms with Crippen LogP contribution >= 0.6 is 0 Å². The van der Waals surface area contributed by atoms with E-state index in [2.05, 4.69) is 9.15 Å². The van der Waals surface area contributed by atoms with Crippen LogP contribution in [0.15, 0.2) is 22.8 Å². The van der Waals surface area contributed by atoms with Gasteiger partial charge in [-0.15, -0.1) is 0 Å². The van der Waals surface area contributed by atoms with Gasteiger partial charge < -0.3 is 19.1 Å². The zero-order chi connectivity index (χ0) is 9.19. The normalized spacial score (nSPS) is 11.2. The van der Waals surface area contributed by atoms with Crippen molar-refractivity contribution >= 4 is 5.97 Å². The van der Waals surface area contributed by atoms with Crippen LogP contribution in [0.25, 0.3) is 0 Å². The standard InChI is InChI=1S/C6H4F2O4/c7-6(8,5(9)10)12-4-2-1-3-11-4/h1-3H,(H,9,10)/p-1. The third kappa shape index (κ3) is 1.71. The summed E-state index contributed by atoms with van der Waals surface area (Å²) >= 11 is 0. The molecule has 1 aromatic heterocycles. The first kappa shape index (κ1) is 8.51. The lowest BCUT2D eigenvalue weighted by atomic mass is 10.6. The second kappa shape index (κ2) is 2.80. The minimum Gasteiger partial charge on any atom is -0.541 e. The lowest BCUT2D eigenvalue weighted by Gasteiger charge is -2.15. The van der Waals surface area contributed by atoms with Crippen LogP contribution in [0.2, 0.25) is 0 Å². The lowest BCUT2D eigenvalue weighted by Crippen LogP contribution is -2.45. The van der Waals surface area contributed by atoms with E-state index in [0.29, 0.717) is 0 Å². The summed E-state index contributed by atoms with van der Waals surface area (Å²) in [6.07, 6.45) is -3.29. The third-order valence-electron chi connectivity index (χ3n) is 0.961. The first-order valence-electron chi connectivity index (χ1n) is 2.84. The molecule has 1 aromatic rings. The molecule has 0 saturated carbocycles. The Kier molecular flexibility index (Phi) is 1.99. The molecule has 0 aliphatic heterocycles. The first-order valence-corrected chi connectivity index (χ1v) is 2.84. The number of alkyl halides is 2. The summed E-state index contributed by atoms with van der Waals surface area (Å²) in [5.41, 5.74) is 0. The molecule has 0 aromatic carbocycles. The molecule has 66 valence electrons. The fourth-order valence-corrected chi connectivity index (χ4v) is 0.490. The lowest BCUT2D eigenvalue weighted by molar-refractivity contribution is -0.351. The third-order valence-corrected chi connectivity index (χ3v) is 0.961. The van der Waals surface area contributed by atoms with Crippen molar-refractivity contribution in [1.29, 1.82) is 0 Å². The van der Waals surface area contributed by atoms with Gasteiger partial charge in [-0.2, -0.15) is 8.78 Å². The number of rotatable bonds is 3. The van der Waals surface area contributed by atoms with E-state index < -0.39 is 18.0 Å². The number of ether oxygens (including phenoxy) is 1. The topological polar surface area (TPSA) is 62.5 Å². The van der Waals surface area contributed by atoms with Crippen LogP contribution in [0.4, 0.5) is 8.78 Å². The van der Waals surface area contributed by atoms with Crippen molar-refractivity contribution in [3.8, 4) is 5.95 Å². The highest BCUT2D eigenvalue weighted by atomic mass is 19.3. The minimum atomic E-state index is -4.36. The number of carboxylic acids is 1. The van der Waals surface area contributed by atoms with Gasteiger partial charge in [-0.1, -0.05) is 0 Å². The van der Waals surface area contributed by atoms with Crippen LogP contribution in [-0.2, 0) is 4.79 Å². The number of halogens is 2. The molecular weight excluding hydrogens is 174 g/mol. The summed E-state index contributed by atoms with van der Waals surface area (Å²) in [6.45, 7) is 0. The van der Waals surface area contributed by atoms with Gasteiger partial charge in [-0.05, 0) is 6.07 Å². The van der Waals surface area contributed by atoms with E-state index in [0.717, 1.165) is 12.3 Å². The molecule has 0 aliphatic carbocycles. The molecule has 1 heterocycles. The van der Waals surface area contributed by atoms with E-state index in [1.54, 1.807) is 0 Å². The molecule has 0 bridgehead atoms. The highest BCUT2D eigenvalue weighted by Gasteiger charge is 2.34. The van der Waals surface area contributed by atoms with Gasteiger partial charge in [0.2, 0.25) is 0 Å². The average molecular weight is 177 g/mol. The van der Waals surface area contributed by atoms with E-state index in [1.807, 2.05) is 0 Å².